The molecule has 0 aliphatic rings. The lowest BCUT2D eigenvalue weighted by atomic mass is 10.1. The number of hydrogen-bond donors (Lipinski definition) is 1. The number of halogens is 3. The summed E-state index contributed by atoms with van der Waals surface area (Å²) in [6.07, 6.45) is 0. The smallest absolute Gasteiger partial charge is 0.335 e. The van der Waals surface area contributed by atoms with E-state index in [9.17, 15) is 13.2 Å². The lowest BCUT2D eigenvalue weighted by Gasteiger charge is -2.18. The van der Waals surface area contributed by atoms with Crippen molar-refractivity contribution in [2.45, 2.75) is 20.2 Å². The van der Waals surface area contributed by atoms with Crippen molar-refractivity contribution in [3.05, 3.63) is 28.8 Å². The van der Waals surface area contributed by atoms with Crippen LogP contribution in [0.2, 0.25) is 0 Å². The second-order valence-electron chi connectivity index (χ2n) is 3.69. The summed E-state index contributed by atoms with van der Waals surface area (Å²) in [5, 5.41) is 8.91. The van der Waals surface area contributed by atoms with E-state index in [1.54, 1.807) is 13.8 Å². The van der Waals surface area contributed by atoms with Crippen molar-refractivity contribution in [1.29, 1.82) is 0 Å². The van der Waals surface area contributed by atoms with Crippen LogP contribution in [0.3, 0.4) is 0 Å². The van der Waals surface area contributed by atoms with Gasteiger partial charge >= 0.3 is 5.97 Å². The van der Waals surface area contributed by atoms with Crippen LogP contribution in [0.5, 0.6) is 0 Å². The molecule has 8 heteroatoms. The maximum absolute atomic E-state index is 12.3. The molecule has 0 aromatic heterocycles. The molecule has 1 rings (SSSR count). The van der Waals surface area contributed by atoms with E-state index < -0.39 is 17.3 Å². The van der Waals surface area contributed by atoms with Crippen LogP contribution in [-0.2, 0) is 9.84 Å². The molecule has 0 aliphatic heterocycles. The molecule has 18 heavy (non-hydrogen) atoms. The van der Waals surface area contributed by atoms with Gasteiger partial charge in [-0.05, 0) is 84.9 Å². The molecule has 0 radical (unpaired) electrons. The molecule has 0 bridgehead atoms. The van der Waals surface area contributed by atoms with Crippen molar-refractivity contribution in [3.8, 4) is 0 Å². The second-order valence-corrected chi connectivity index (χ2v) is 14.1. The maximum Gasteiger partial charge on any atom is 0.335 e. The van der Waals surface area contributed by atoms with Gasteiger partial charge in [0, 0.05) is 0 Å². The fourth-order valence-corrected chi connectivity index (χ4v) is 4.27. The minimum Gasteiger partial charge on any atom is -0.478 e. The van der Waals surface area contributed by atoms with Gasteiger partial charge in [-0.3, -0.25) is 0 Å². The molecule has 100 valence electrons. The molecule has 0 fully saturated rings. The van der Waals surface area contributed by atoms with Gasteiger partial charge < -0.3 is 5.11 Å². The molecule has 0 atom stereocenters. The van der Waals surface area contributed by atoms with Crippen molar-refractivity contribution in [2.75, 3.05) is 0 Å². The first kappa shape index (κ1) is 16.1. The molecule has 0 heterocycles. The topological polar surface area (TPSA) is 71.4 Å². The Labute approximate surface area is 130 Å². The van der Waals surface area contributed by atoms with Gasteiger partial charge in [0.1, 0.15) is 0 Å². The van der Waals surface area contributed by atoms with Crippen molar-refractivity contribution < 1.29 is 18.3 Å². The van der Waals surface area contributed by atoms with Crippen LogP contribution in [0.15, 0.2) is 17.0 Å². The van der Waals surface area contributed by atoms with Crippen molar-refractivity contribution >= 4 is 63.6 Å². The van der Waals surface area contributed by atoms with E-state index in [1.165, 1.54) is 12.1 Å². The predicted octanol–water partition coefficient (Wildman–Crippen LogP) is 3.57. The van der Waals surface area contributed by atoms with E-state index >= 15 is 0 Å². The summed E-state index contributed by atoms with van der Waals surface area (Å²) in [5.41, 5.74) is 0.832. The van der Waals surface area contributed by atoms with Crippen LogP contribution in [-0.4, -0.2) is 21.0 Å². The summed E-state index contributed by atoms with van der Waals surface area (Å²) >= 11 is 8.94. The highest BCUT2D eigenvalue weighted by atomic mass is 80.0. The van der Waals surface area contributed by atoms with E-state index in [2.05, 4.69) is 47.8 Å². The molecule has 0 saturated carbocycles. The Balaban J connectivity index is 3.60. The Kier molecular flexibility index (Phi) is 4.68. The Morgan fingerprint density at radius 3 is 1.83 bits per heavy atom. The first-order valence-corrected chi connectivity index (χ1v) is 8.50. The molecule has 1 aromatic rings. The standard InChI is InChI=1S/C10H9Br3O4S/c1-5-3-7(9(14)15)4-6(2)8(5)18(16,17)10(11,12)13/h3-4H,1-2H3,(H,14,15). The van der Waals surface area contributed by atoms with Gasteiger partial charge in [-0.25, -0.2) is 13.2 Å². The quantitative estimate of drug-likeness (QED) is 0.679. The lowest BCUT2D eigenvalue weighted by Crippen LogP contribution is -2.20. The van der Waals surface area contributed by atoms with Crippen LogP contribution in [0.25, 0.3) is 0 Å². The summed E-state index contributed by atoms with van der Waals surface area (Å²) in [6.45, 7) is 3.12. The van der Waals surface area contributed by atoms with Crippen LogP contribution < -0.4 is 0 Å². The number of carbonyl (C=O) groups is 1. The zero-order chi connectivity index (χ0) is 14.3. The van der Waals surface area contributed by atoms with Gasteiger partial charge in [0.05, 0.1) is 10.5 Å². The third-order valence-electron chi connectivity index (χ3n) is 2.28. The van der Waals surface area contributed by atoms with Crippen LogP contribution in [0, 0.1) is 13.8 Å². The Bertz CT molecular complexity index is 579. The fraction of sp³-hybridized carbons (Fsp3) is 0.300. The molecule has 4 nitrogen and oxygen atoms in total. The SMILES string of the molecule is Cc1cc(C(=O)O)cc(C)c1S(=O)(=O)C(Br)(Br)Br. The van der Waals surface area contributed by atoms with Gasteiger partial charge in [0.2, 0.25) is 11.3 Å². The molecular weight excluding hydrogens is 456 g/mol. The van der Waals surface area contributed by atoms with Crippen LogP contribution in [0.4, 0.5) is 0 Å². The summed E-state index contributed by atoms with van der Waals surface area (Å²) in [6, 6.07) is 2.67. The summed E-state index contributed by atoms with van der Waals surface area (Å²) < 4.78 is 23.1. The molecule has 0 spiro atoms. The molecule has 0 aliphatic carbocycles. The van der Waals surface area contributed by atoms with Crippen molar-refractivity contribution in [2.24, 2.45) is 0 Å². The number of sulfone groups is 1. The zero-order valence-electron chi connectivity index (χ0n) is 9.37. The highest BCUT2D eigenvalue weighted by Gasteiger charge is 2.39. The lowest BCUT2D eigenvalue weighted by molar-refractivity contribution is 0.0696. The molecule has 0 amide bonds. The third kappa shape index (κ3) is 2.97. The third-order valence-corrected chi connectivity index (χ3v) is 7.91. The highest BCUT2D eigenvalue weighted by molar-refractivity contribution is 9.42. The van der Waals surface area contributed by atoms with Crippen molar-refractivity contribution in [3.63, 3.8) is 0 Å². The first-order valence-electron chi connectivity index (χ1n) is 4.64. The van der Waals surface area contributed by atoms with Gasteiger partial charge in [0.25, 0.3) is 0 Å². The molecule has 0 saturated heterocycles. The van der Waals surface area contributed by atoms with E-state index in [0.29, 0.717) is 11.1 Å². The number of aryl methyl sites for hydroxylation is 2. The molecule has 1 N–H and O–H groups in total. The number of benzene rings is 1. The van der Waals surface area contributed by atoms with Crippen LogP contribution >= 0.6 is 47.8 Å². The molecule has 0 unspecified atom stereocenters. The van der Waals surface area contributed by atoms with Crippen LogP contribution in [0.1, 0.15) is 21.5 Å². The number of carboxylic acid groups (broad SMARTS) is 1. The summed E-state index contributed by atoms with van der Waals surface area (Å²) in [5.74, 6) is -1.09. The second kappa shape index (κ2) is 5.22. The summed E-state index contributed by atoms with van der Waals surface area (Å²) in [4.78, 5) is 11.0. The van der Waals surface area contributed by atoms with E-state index in [-0.39, 0.29) is 10.5 Å². The number of aromatic carboxylic acids is 1. The highest BCUT2D eigenvalue weighted by Crippen LogP contribution is 2.44. The Morgan fingerprint density at radius 2 is 1.56 bits per heavy atom. The van der Waals surface area contributed by atoms with Gasteiger partial charge in [-0.2, -0.15) is 0 Å². The largest absolute Gasteiger partial charge is 0.478 e. The average molecular weight is 465 g/mol. The predicted molar refractivity (Wildman–Crippen MR) is 79.6 cm³/mol. The fourth-order valence-electron chi connectivity index (χ4n) is 1.61. The van der Waals surface area contributed by atoms with Gasteiger partial charge in [-0.1, -0.05) is 0 Å². The number of hydrogen-bond acceptors (Lipinski definition) is 3. The minimum absolute atomic E-state index is 0.0632. The Hall–Kier alpha value is 0.0800. The van der Waals surface area contributed by atoms with Crippen molar-refractivity contribution in [1.82, 2.24) is 0 Å². The van der Waals surface area contributed by atoms with E-state index in [0.717, 1.165) is 0 Å². The number of alkyl halides is 3. The first-order chi connectivity index (χ1) is 7.98. The van der Waals surface area contributed by atoms with Gasteiger partial charge in [-0.15, -0.1) is 0 Å². The summed E-state index contributed by atoms with van der Waals surface area (Å²) in [7, 11) is -3.72. The monoisotopic (exact) mass is 462 g/mol. The average Bonchev–Trinajstić information content (AvgIpc) is 2.13. The number of carboxylic acids is 1. The van der Waals surface area contributed by atoms with Gasteiger partial charge in [0.15, 0.2) is 0 Å². The molecular formula is C10H9Br3O4S. The Morgan fingerprint density at radius 1 is 1.17 bits per heavy atom. The van der Waals surface area contributed by atoms with E-state index in [4.69, 9.17) is 5.11 Å². The van der Waals surface area contributed by atoms with E-state index in [1.807, 2.05) is 0 Å². The zero-order valence-corrected chi connectivity index (χ0v) is 14.9. The molecule has 1 aromatic carbocycles. The maximum atomic E-state index is 12.3. The minimum atomic E-state index is -3.72. The normalized spacial score (nSPS) is 12.5. The number of rotatable bonds is 2.